The fourth-order valence-electron chi connectivity index (χ4n) is 5.90. The van der Waals surface area contributed by atoms with Crippen molar-refractivity contribution in [2.24, 2.45) is 0 Å². The maximum Gasteiger partial charge on any atom is 0.338 e. The van der Waals surface area contributed by atoms with Crippen LogP contribution in [-0.4, -0.2) is 87.3 Å². The molecule has 3 aromatic carbocycles. The third-order valence-electron chi connectivity index (χ3n) is 9.84. The molecule has 9 atom stereocenters. The van der Waals surface area contributed by atoms with Gasteiger partial charge in [-0.15, -0.1) is 0 Å². The second kappa shape index (κ2) is 17.6. The van der Waals surface area contributed by atoms with E-state index >= 15 is 0 Å². The summed E-state index contributed by atoms with van der Waals surface area (Å²) >= 11 is 0. The average molecular weight is 737 g/mol. The van der Waals surface area contributed by atoms with Gasteiger partial charge in [0.1, 0.15) is 24.4 Å². The van der Waals surface area contributed by atoms with Crippen molar-refractivity contribution in [3.05, 3.63) is 108 Å². The Morgan fingerprint density at radius 1 is 0.731 bits per heavy atom. The summed E-state index contributed by atoms with van der Waals surface area (Å²) < 4.78 is 50.6. The van der Waals surface area contributed by atoms with Crippen molar-refractivity contribution < 1.29 is 52.3 Å². The molecule has 0 bridgehead atoms. The van der Waals surface area contributed by atoms with Crippen molar-refractivity contribution in [2.75, 3.05) is 6.61 Å². The lowest BCUT2D eigenvalue weighted by Crippen LogP contribution is -2.61. The first-order valence-corrected chi connectivity index (χ1v) is 20.7. The van der Waals surface area contributed by atoms with Gasteiger partial charge in [-0.3, -0.25) is 4.79 Å². The molecule has 2 saturated heterocycles. The van der Waals surface area contributed by atoms with Crippen LogP contribution in [0.5, 0.6) is 0 Å². The molecule has 0 unspecified atom stereocenters. The first-order valence-electron chi connectivity index (χ1n) is 17.8. The molecule has 5 rings (SSSR count). The van der Waals surface area contributed by atoms with E-state index in [0.717, 1.165) is 11.1 Å². The number of aliphatic hydroxyl groups is 1. The van der Waals surface area contributed by atoms with Gasteiger partial charge < -0.3 is 42.7 Å². The van der Waals surface area contributed by atoms with Crippen LogP contribution in [0.3, 0.4) is 0 Å². The first-order chi connectivity index (χ1) is 24.7. The summed E-state index contributed by atoms with van der Waals surface area (Å²) in [5, 5.41) is 11.1. The van der Waals surface area contributed by atoms with Crippen LogP contribution in [0.1, 0.15) is 56.1 Å². The van der Waals surface area contributed by atoms with Gasteiger partial charge in [0, 0.05) is 6.92 Å². The van der Waals surface area contributed by atoms with Gasteiger partial charge in [-0.1, -0.05) is 99.6 Å². The van der Waals surface area contributed by atoms with E-state index in [9.17, 15) is 14.7 Å². The molecule has 0 spiro atoms. The van der Waals surface area contributed by atoms with Crippen LogP contribution in [0.15, 0.2) is 91.0 Å². The zero-order valence-electron chi connectivity index (χ0n) is 31.0. The molecule has 0 radical (unpaired) electrons. The van der Waals surface area contributed by atoms with E-state index in [2.05, 4.69) is 33.9 Å². The number of hydrogen-bond donors (Lipinski definition) is 1. The van der Waals surface area contributed by atoms with Crippen LogP contribution in [-0.2, 0) is 55.6 Å². The smallest absolute Gasteiger partial charge is 0.338 e. The van der Waals surface area contributed by atoms with E-state index in [1.54, 1.807) is 37.3 Å². The number of carbonyl (C=O) groups is 2. The van der Waals surface area contributed by atoms with Crippen molar-refractivity contribution in [1.29, 1.82) is 0 Å². The Labute approximate surface area is 307 Å². The van der Waals surface area contributed by atoms with Crippen molar-refractivity contribution in [3.63, 3.8) is 0 Å². The molecule has 2 heterocycles. The highest BCUT2D eigenvalue weighted by Gasteiger charge is 2.54. The van der Waals surface area contributed by atoms with Gasteiger partial charge in [0.2, 0.25) is 0 Å². The minimum absolute atomic E-state index is 0.0689. The Balaban J connectivity index is 1.48. The average Bonchev–Trinajstić information content (AvgIpc) is 3.40. The molecular formula is C40H52O11Si. The fraction of sp³-hybridized carbons (Fsp3) is 0.500. The highest BCUT2D eigenvalue weighted by atomic mass is 28.4. The predicted octanol–water partition coefficient (Wildman–Crippen LogP) is 6.18. The monoisotopic (exact) mass is 736 g/mol. The largest absolute Gasteiger partial charge is 0.457 e. The molecule has 0 aliphatic carbocycles. The van der Waals surface area contributed by atoms with E-state index < -0.39 is 75.6 Å². The van der Waals surface area contributed by atoms with Gasteiger partial charge in [0.05, 0.1) is 31.5 Å². The van der Waals surface area contributed by atoms with Gasteiger partial charge in [0.15, 0.2) is 33.1 Å². The van der Waals surface area contributed by atoms with Gasteiger partial charge >= 0.3 is 11.9 Å². The molecule has 0 saturated carbocycles. The molecular weight excluding hydrogens is 685 g/mol. The molecule has 12 heteroatoms. The maximum absolute atomic E-state index is 13.3. The van der Waals surface area contributed by atoms with Gasteiger partial charge in [-0.2, -0.15) is 0 Å². The molecule has 11 nitrogen and oxygen atoms in total. The van der Waals surface area contributed by atoms with Gasteiger partial charge in [-0.25, -0.2) is 4.79 Å². The lowest BCUT2D eigenvalue weighted by atomic mass is 9.98. The summed E-state index contributed by atoms with van der Waals surface area (Å²) in [5.74, 6) is -1.15. The van der Waals surface area contributed by atoms with E-state index in [1.807, 2.05) is 60.7 Å². The Kier molecular flexibility index (Phi) is 13.4. The first kappa shape index (κ1) is 39.7. The molecule has 2 aliphatic heterocycles. The lowest BCUT2D eigenvalue weighted by Gasteiger charge is -2.45. The van der Waals surface area contributed by atoms with Crippen LogP contribution in [0.2, 0.25) is 18.1 Å². The maximum atomic E-state index is 13.3. The predicted molar refractivity (Wildman–Crippen MR) is 194 cm³/mol. The number of esters is 2. The van der Waals surface area contributed by atoms with Crippen LogP contribution in [0.4, 0.5) is 0 Å². The van der Waals surface area contributed by atoms with Gasteiger partial charge in [0.25, 0.3) is 0 Å². The lowest BCUT2D eigenvalue weighted by molar-refractivity contribution is -0.329. The number of aliphatic hydroxyl groups excluding tert-OH is 1. The number of carbonyl (C=O) groups excluding carboxylic acids is 2. The van der Waals surface area contributed by atoms with E-state index in [-0.39, 0.29) is 24.9 Å². The normalized spacial score (nSPS) is 28.0. The molecule has 2 fully saturated rings. The highest BCUT2D eigenvalue weighted by molar-refractivity contribution is 6.74. The van der Waals surface area contributed by atoms with Crippen molar-refractivity contribution in [1.82, 2.24) is 0 Å². The van der Waals surface area contributed by atoms with E-state index in [0.29, 0.717) is 5.56 Å². The molecule has 0 amide bonds. The standard InChI is InChI=1S/C40H52O11Si/c1-26-32(48-27(2)41)34(44-23-28-17-11-8-12-18-28)36(45-24-29-19-13-9-14-20-29)39(47-26)51-33-31(25-46-52(6,7)40(3,4)5)49-38(43)35(33)50-37(42)30-21-15-10-16-22-30/h8-22,26,31-36,38-39,43H,23-25H2,1-7H3/t26-,31+,32+,33+,34+,35+,36-,38+,39-/m0/s1. The van der Waals surface area contributed by atoms with Crippen LogP contribution in [0, 0.1) is 0 Å². The number of ether oxygens (including phenoxy) is 7. The van der Waals surface area contributed by atoms with E-state index in [4.69, 9.17) is 37.6 Å². The summed E-state index contributed by atoms with van der Waals surface area (Å²) in [5.41, 5.74) is 2.10. The summed E-state index contributed by atoms with van der Waals surface area (Å²) in [7, 11) is -2.29. The minimum atomic E-state index is -2.29. The Morgan fingerprint density at radius 3 is 1.81 bits per heavy atom. The molecule has 2 aliphatic rings. The molecule has 282 valence electrons. The summed E-state index contributed by atoms with van der Waals surface area (Å²) in [6.45, 7) is 14.1. The fourth-order valence-corrected chi connectivity index (χ4v) is 6.91. The summed E-state index contributed by atoms with van der Waals surface area (Å²) in [6, 6.07) is 27.7. The number of rotatable bonds is 14. The minimum Gasteiger partial charge on any atom is -0.457 e. The zero-order chi connectivity index (χ0) is 37.5. The Bertz CT molecular complexity index is 1570. The third kappa shape index (κ3) is 10.1. The quantitative estimate of drug-likeness (QED) is 0.151. The number of hydrogen-bond acceptors (Lipinski definition) is 11. The van der Waals surface area contributed by atoms with Crippen LogP contribution in [0.25, 0.3) is 0 Å². The van der Waals surface area contributed by atoms with Crippen molar-refractivity contribution >= 4 is 20.3 Å². The summed E-state index contributed by atoms with van der Waals surface area (Å²) in [6.07, 6.45) is -9.15. The Hall–Kier alpha value is -3.46. The second-order valence-electron chi connectivity index (χ2n) is 14.8. The molecule has 3 aromatic rings. The van der Waals surface area contributed by atoms with E-state index in [1.165, 1.54) is 6.92 Å². The molecule has 1 N–H and O–H groups in total. The topological polar surface area (TPSA) is 128 Å². The van der Waals surface area contributed by atoms with Crippen LogP contribution < -0.4 is 0 Å². The molecule has 0 aromatic heterocycles. The van der Waals surface area contributed by atoms with Crippen molar-refractivity contribution in [3.8, 4) is 0 Å². The zero-order valence-corrected chi connectivity index (χ0v) is 32.0. The van der Waals surface area contributed by atoms with Crippen molar-refractivity contribution in [2.45, 2.75) is 121 Å². The van der Waals surface area contributed by atoms with Crippen LogP contribution >= 0.6 is 0 Å². The molecule has 52 heavy (non-hydrogen) atoms. The SMILES string of the molecule is CC(=O)O[C@H]1[C@@H](OCc2ccccc2)[C@H](OCc2ccccc2)[C@H](O[C@H]2[C@@H](OC(=O)c3ccccc3)[C@H](O)O[C@@H]2CO[Si](C)(C)C(C)(C)C)O[C@H]1C. The van der Waals surface area contributed by atoms with Gasteiger partial charge in [-0.05, 0) is 48.3 Å². The third-order valence-corrected chi connectivity index (χ3v) is 14.3. The highest BCUT2D eigenvalue weighted by Crippen LogP contribution is 2.39. The number of benzene rings is 3. The summed E-state index contributed by atoms with van der Waals surface area (Å²) in [4.78, 5) is 25.7. The Morgan fingerprint density at radius 2 is 1.27 bits per heavy atom. The second-order valence-corrected chi connectivity index (χ2v) is 19.6.